The maximum atomic E-state index is 15.0. The van der Waals surface area contributed by atoms with Crippen molar-refractivity contribution in [2.75, 3.05) is 19.7 Å². The molecule has 0 saturated carbocycles. The lowest BCUT2D eigenvalue weighted by atomic mass is 9.70. The number of ether oxygens (including phenoxy) is 2. The molecule has 0 aromatic heterocycles. The molecule has 1 unspecified atom stereocenters. The molecule has 3 heterocycles. The van der Waals surface area contributed by atoms with Crippen LogP contribution in [0.4, 0.5) is 0 Å². The quantitative estimate of drug-likeness (QED) is 0.119. The topological polar surface area (TPSA) is 125 Å². The highest BCUT2D eigenvalue weighted by Gasteiger charge is 2.77. The van der Waals surface area contributed by atoms with E-state index in [1.807, 2.05) is 78.9 Å². The van der Waals surface area contributed by atoms with Crippen molar-refractivity contribution in [3.05, 3.63) is 133 Å². The molecule has 6 rings (SSSR count). The van der Waals surface area contributed by atoms with Gasteiger partial charge in [-0.1, -0.05) is 119 Å². The first-order chi connectivity index (χ1) is 25.2. The lowest BCUT2D eigenvalue weighted by Gasteiger charge is -2.39. The van der Waals surface area contributed by atoms with Crippen LogP contribution in [0.3, 0.4) is 0 Å². The van der Waals surface area contributed by atoms with Gasteiger partial charge in [-0.25, -0.2) is 0 Å². The van der Waals surface area contributed by atoms with E-state index in [1.165, 1.54) is 4.90 Å². The first-order valence-electron chi connectivity index (χ1n) is 17.6. The molecule has 0 radical (unpaired) electrons. The van der Waals surface area contributed by atoms with E-state index in [9.17, 15) is 24.3 Å². The maximum Gasteiger partial charge on any atom is 0.313 e. The van der Waals surface area contributed by atoms with Crippen LogP contribution in [0.15, 0.2) is 116 Å². The van der Waals surface area contributed by atoms with Crippen LogP contribution < -0.4 is 5.32 Å². The summed E-state index contributed by atoms with van der Waals surface area (Å²) in [5.41, 5.74) is 0.818. The zero-order valence-electron chi connectivity index (χ0n) is 28.9. The normalized spacial score (nSPS) is 25.5. The second-order valence-corrected chi connectivity index (χ2v) is 14.7. The number of rotatable bonds is 16. The number of halogens is 1. The molecule has 2 N–H and O–H groups in total. The van der Waals surface area contributed by atoms with Crippen LogP contribution in [-0.2, 0) is 35.2 Å². The van der Waals surface area contributed by atoms with Crippen molar-refractivity contribution in [2.24, 2.45) is 11.8 Å². The Bertz CT molecular complexity index is 1760. The predicted molar refractivity (Wildman–Crippen MR) is 199 cm³/mol. The average molecular weight is 771 g/mol. The lowest BCUT2D eigenvalue weighted by molar-refractivity contribution is -0.161. The van der Waals surface area contributed by atoms with Crippen LogP contribution in [0, 0.1) is 11.8 Å². The molecule has 10 nitrogen and oxygen atoms in total. The Hall–Kier alpha value is -4.58. The van der Waals surface area contributed by atoms with Crippen LogP contribution in [0.2, 0.25) is 0 Å². The Labute approximate surface area is 312 Å². The number of hydrogen-bond donors (Lipinski definition) is 2. The van der Waals surface area contributed by atoms with Crippen molar-refractivity contribution < 1.29 is 33.8 Å². The second kappa shape index (κ2) is 16.4. The summed E-state index contributed by atoms with van der Waals surface area (Å²) in [4.78, 5) is 59.6. The number of nitrogens with zero attached hydrogens (tertiary/aromatic N) is 2. The number of likely N-dealkylation sites (tertiary alicyclic amines) is 1. The summed E-state index contributed by atoms with van der Waals surface area (Å²) in [7, 11) is 0. The summed E-state index contributed by atoms with van der Waals surface area (Å²) in [6, 6.07) is 25.6. The van der Waals surface area contributed by atoms with Crippen molar-refractivity contribution in [2.45, 2.75) is 60.5 Å². The standard InChI is InChI=1S/C41H44BrN3O7/c1-3-5-21-33(47)43-24-32(29-19-13-8-14-20-29)51-40(50)34-35-38(48)45(31(26-46)28-17-11-7-12-18-28)37(41(35)23-30(42)36(34)52-41)39(49)44(22-4-2)25-27-15-9-6-10-16-27/h3-4,6-20,30-32,34-37,46H,1-2,5,21-26H2,(H,43,47)/t30?,31-,32-,34+,35-,36+,37+,41-/m1/s1. The number of nitrogens with one attached hydrogen (secondary N) is 1. The highest BCUT2D eigenvalue weighted by Crippen LogP contribution is 2.61. The van der Waals surface area contributed by atoms with E-state index in [1.54, 1.807) is 29.2 Å². The fourth-order valence-corrected chi connectivity index (χ4v) is 8.93. The molecule has 3 aliphatic rings. The van der Waals surface area contributed by atoms with E-state index >= 15 is 0 Å². The van der Waals surface area contributed by atoms with Gasteiger partial charge in [-0.05, 0) is 29.5 Å². The number of carbonyl (C=O) groups excluding carboxylic acids is 4. The van der Waals surface area contributed by atoms with Crippen LogP contribution in [0.1, 0.15) is 48.1 Å². The molecular weight excluding hydrogens is 726 g/mol. The number of benzene rings is 3. The van der Waals surface area contributed by atoms with E-state index in [2.05, 4.69) is 34.4 Å². The molecule has 11 heteroatoms. The van der Waals surface area contributed by atoms with Crippen molar-refractivity contribution in [3.8, 4) is 0 Å². The predicted octanol–water partition coefficient (Wildman–Crippen LogP) is 5.05. The Morgan fingerprint density at radius 2 is 1.63 bits per heavy atom. The molecule has 3 saturated heterocycles. The van der Waals surface area contributed by atoms with Gasteiger partial charge in [-0.2, -0.15) is 0 Å². The number of esters is 1. The zero-order chi connectivity index (χ0) is 36.8. The Morgan fingerprint density at radius 3 is 2.25 bits per heavy atom. The lowest BCUT2D eigenvalue weighted by Crippen LogP contribution is -2.57. The van der Waals surface area contributed by atoms with E-state index < -0.39 is 60.2 Å². The summed E-state index contributed by atoms with van der Waals surface area (Å²) in [5, 5.41) is 13.7. The summed E-state index contributed by atoms with van der Waals surface area (Å²) >= 11 is 3.74. The number of fused-ring (bicyclic) bond motifs is 1. The molecule has 2 bridgehead atoms. The van der Waals surface area contributed by atoms with Crippen LogP contribution in [-0.4, -0.2) is 80.9 Å². The van der Waals surface area contributed by atoms with Gasteiger partial charge < -0.3 is 29.7 Å². The Kier molecular flexibility index (Phi) is 11.7. The van der Waals surface area contributed by atoms with Gasteiger partial charge in [-0.15, -0.1) is 13.2 Å². The highest BCUT2D eigenvalue weighted by molar-refractivity contribution is 9.09. The number of amides is 3. The number of aliphatic hydroxyl groups is 1. The minimum atomic E-state index is -1.39. The van der Waals surface area contributed by atoms with Crippen LogP contribution >= 0.6 is 15.9 Å². The van der Waals surface area contributed by atoms with Crippen molar-refractivity contribution in [1.29, 1.82) is 0 Å². The fraction of sp³-hybridized carbons (Fsp3) is 0.366. The third kappa shape index (κ3) is 7.22. The van der Waals surface area contributed by atoms with Gasteiger partial charge in [0, 0.05) is 24.3 Å². The minimum absolute atomic E-state index is 0.0231. The minimum Gasteiger partial charge on any atom is -0.455 e. The van der Waals surface area contributed by atoms with E-state index in [0.717, 1.165) is 5.56 Å². The molecule has 52 heavy (non-hydrogen) atoms. The molecule has 1 spiro atoms. The zero-order valence-corrected chi connectivity index (χ0v) is 30.5. The molecule has 3 fully saturated rings. The molecule has 3 aromatic carbocycles. The smallest absolute Gasteiger partial charge is 0.313 e. The summed E-state index contributed by atoms with van der Waals surface area (Å²) < 4.78 is 13.0. The summed E-state index contributed by atoms with van der Waals surface area (Å²) in [6.45, 7) is 7.58. The number of carbonyl (C=O) groups is 4. The first kappa shape index (κ1) is 37.2. The number of aliphatic hydroxyl groups excluding tert-OH is 1. The van der Waals surface area contributed by atoms with Crippen molar-refractivity contribution in [3.63, 3.8) is 0 Å². The Morgan fingerprint density at radius 1 is 1.00 bits per heavy atom. The first-order valence-corrected chi connectivity index (χ1v) is 18.5. The van der Waals surface area contributed by atoms with Gasteiger partial charge in [0.1, 0.15) is 17.7 Å². The fourth-order valence-electron chi connectivity index (χ4n) is 7.99. The van der Waals surface area contributed by atoms with Gasteiger partial charge in [0.25, 0.3) is 0 Å². The molecule has 3 amide bonds. The molecule has 3 aliphatic heterocycles. The number of allylic oxidation sites excluding steroid dienone is 1. The van der Waals surface area contributed by atoms with Crippen LogP contribution in [0.5, 0.6) is 0 Å². The van der Waals surface area contributed by atoms with Crippen LogP contribution in [0.25, 0.3) is 0 Å². The molecular formula is C41H44BrN3O7. The van der Waals surface area contributed by atoms with Gasteiger partial charge in [-0.3, -0.25) is 19.2 Å². The Balaban J connectivity index is 1.37. The van der Waals surface area contributed by atoms with Gasteiger partial charge in [0.2, 0.25) is 17.7 Å². The van der Waals surface area contributed by atoms with Gasteiger partial charge >= 0.3 is 5.97 Å². The van der Waals surface area contributed by atoms with E-state index in [4.69, 9.17) is 9.47 Å². The highest BCUT2D eigenvalue weighted by atomic mass is 79.9. The van der Waals surface area contributed by atoms with Crippen molar-refractivity contribution >= 4 is 39.6 Å². The van der Waals surface area contributed by atoms with E-state index in [0.29, 0.717) is 17.5 Å². The average Bonchev–Trinajstić information content (AvgIpc) is 3.76. The maximum absolute atomic E-state index is 15.0. The third-order valence-electron chi connectivity index (χ3n) is 10.3. The number of alkyl halides is 1. The second-order valence-electron chi connectivity index (χ2n) is 13.5. The molecule has 8 atom stereocenters. The third-order valence-corrected chi connectivity index (χ3v) is 11.1. The monoisotopic (exact) mass is 769 g/mol. The molecule has 3 aromatic rings. The van der Waals surface area contributed by atoms with E-state index in [-0.39, 0.29) is 49.1 Å². The summed E-state index contributed by atoms with van der Waals surface area (Å²) in [6.07, 6.45) is 2.72. The SMILES string of the molecule is C=CCCC(=O)NC[C@@H](OC(=O)[C@@H]1[C@H]2O[C@@]3(CC2Br)[C@H](C(=O)N(CC=C)Cc2ccccc2)N([C@H](CO)c2ccccc2)C(=O)[C@@H]13)c1ccccc1. The van der Waals surface area contributed by atoms with Crippen molar-refractivity contribution in [1.82, 2.24) is 15.1 Å². The largest absolute Gasteiger partial charge is 0.455 e. The molecule has 272 valence electrons. The van der Waals surface area contributed by atoms with Gasteiger partial charge in [0.15, 0.2) is 0 Å². The van der Waals surface area contributed by atoms with Gasteiger partial charge in [0.05, 0.1) is 37.1 Å². The summed E-state index contributed by atoms with van der Waals surface area (Å²) in [5.74, 6) is -3.83. The number of hydrogen-bond acceptors (Lipinski definition) is 7. The molecule has 0 aliphatic carbocycles.